The first-order valence-electron chi connectivity index (χ1n) is 13.8. The van der Waals surface area contributed by atoms with Crippen LogP contribution in [0, 0.1) is 0 Å². The van der Waals surface area contributed by atoms with Crippen molar-refractivity contribution in [3.63, 3.8) is 0 Å². The van der Waals surface area contributed by atoms with Crippen LogP contribution in [0.2, 0.25) is 0 Å². The smallest absolute Gasteiger partial charge is 0.388 e. The number of phenolic OH excluding ortho intramolecular Hbond substituents is 1. The van der Waals surface area contributed by atoms with Crippen LogP contribution in [0.1, 0.15) is 33.6 Å². The third kappa shape index (κ3) is 5.23. The van der Waals surface area contributed by atoms with Crippen molar-refractivity contribution in [2.75, 3.05) is 48.7 Å². The molecule has 6 N–H and O–H groups in total. The maximum absolute atomic E-state index is 13.3. The molecule has 0 aliphatic carbocycles. The topological polar surface area (TPSA) is 196 Å². The minimum absolute atomic E-state index is 0.0521. The standard InChI is InChI=1S/C29H28N8O6/c30-26-21(14-19(33-34-26)16-4-1-2-7-22(16)38)36-12-10-35(11-13-36)15-24(40)31-18-6-3-5-17-25(18)29(43)37(28(17)42)20-8-9-23(39)32-27(20)41/h1-7,14,20,38H,8-13,15H2,(H2,30,34)(H,31,40)(H,32,39,41)/p+1. The quantitative estimate of drug-likeness (QED) is 0.234. The van der Waals surface area contributed by atoms with E-state index in [2.05, 4.69) is 20.5 Å². The van der Waals surface area contributed by atoms with Crippen molar-refractivity contribution in [3.8, 4) is 17.0 Å². The number of carbonyl (C=O) groups excluding carboxylic acids is 4. The van der Waals surface area contributed by atoms with E-state index in [-0.39, 0.29) is 53.7 Å². The molecule has 1 unspecified atom stereocenters. The molecule has 43 heavy (non-hydrogen) atoms. The molecule has 6 rings (SSSR count). The average Bonchev–Trinajstić information content (AvgIpc) is 3.24. The number of anilines is 3. The highest BCUT2D eigenvalue weighted by atomic mass is 16.3. The SMILES string of the molecule is Nc1nnc(-c2ccccc2O)cc1N1CCN(CC(=O)Nc2cccc3c2C(=O)N(C2CCC(=O)[NH+]=C2O)C3=O)CC1. The van der Waals surface area contributed by atoms with Crippen LogP contribution in [-0.4, -0.2) is 98.5 Å². The van der Waals surface area contributed by atoms with E-state index in [1.165, 1.54) is 6.07 Å². The van der Waals surface area contributed by atoms with Gasteiger partial charge in [0.2, 0.25) is 5.91 Å². The molecule has 2 aromatic carbocycles. The number of nitrogens with one attached hydrogen (secondary N) is 2. The van der Waals surface area contributed by atoms with E-state index < -0.39 is 29.7 Å². The zero-order valence-corrected chi connectivity index (χ0v) is 23.0. The van der Waals surface area contributed by atoms with Gasteiger partial charge in [-0.15, -0.1) is 15.2 Å². The summed E-state index contributed by atoms with van der Waals surface area (Å²) in [5, 5.41) is 31.4. The molecule has 4 amide bonds. The second-order valence-corrected chi connectivity index (χ2v) is 10.5. The molecule has 3 aliphatic rings. The number of fused-ring (bicyclic) bond motifs is 1. The van der Waals surface area contributed by atoms with E-state index in [0.29, 0.717) is 43.1 Å². The summed E-state index contributed by atoms with van der Waals surface area (Å²) in [7, 11) is 0. The normalized spacial score (nSPS) is 18.9. The van der Waals surface area contributed by atoms with E-state index in [1.807, 2.05) is 9.80 Å². The largest absolute Gasteiger partial charge is 0.507 e. The third-order valence-corrected chi connectivity index (χ3v) is 7.82. The molecule has 0 radical (unpaired) electrons. The second-order valence-electron chi connectivity index (χ2n) is 10.5. The zero-order chi connectivity index (χ0) is 30.2. The molecule has 0 saturated carbocycles. The first kappa shape index (κ1) is 27.8. The van der Waals surface area contributed by atoms with Crippen molar-refractivity contribution >= 4 is 46.7 Å². The third-order valence-electron chi connectivity index (χ3n) is 7.82. The Labute approximate surface area is 245 Å². The number of carbonyl (C=O) groups is 4. The first-order valence-corrected chi connectivity index (χ1v) is 13.8. The molecule has 1 aromatic heterocycles. The molecule has 1 fully saturated rings. The minimum Gasteiger partial charge on any atom is -0.507 e. The second kappa shape index (κ2) is 11.1. The Hall–Kier alpha value is -5.37. The number of amides is 4. The van der Waals surface area contributed by atoms with Gasteiger partial charge in [-0.25, -0.2) is 4.79 Å². The van der Waals surface area contributed by atoms with Gasteiger partial charge in [0, 0.05) is 31.7 Å². The van der Waals surface area contributed by atoms with Crippen LogP contribution >= 0.6 is 0 Å². The fraction of sp³-hybridized carbons (Fsp3) is 0.276. The Morgan fingerprint density at radius 2 is 1.72 bits per heavy atom. The van der Waals surface area contributed by atoms with Gasteiger partial charge in [0.15, 0.2) is 11.9 Å². The fourth-order valence-corrected chi connectivity index (χ4v) is 5.64. The molecule has 3 aliphatic heterocycles. The van der Waals surface area contributed by atoms with Gasteiger partial charge < -0.3 is 26.2 Å². The Bertz CT molecular complexity index is 1680. The van der Waals surface area contributed by atoms with E-state index in [1.54, 1.807) is 42.5 Å². The number of aromatic hydroxyl groups is 1. The summed E-state index contributed by atoms with van der Waals surface area (Å²) in [4.78, 5) is 58.3. The summed E-state index contributed by atoms with van der Waals surface area (Å²) in [5.74, 6) is -2.10. The molecule has 3 aromatic rings. The van der Waals surface area contributed by atoms with Crippen LogP contribution in [0.5, 0.6) is 5.75 Å². The van der Waals surface area contributed by atoms with Crippen LogP contribution in [0.3, 0.4) is 0 Å². The molecule has 0 spiro atoms. The highest BCUT2D eigenvalue weighted by molar-refractivity contribution is 6.25. The van der Waals surface area contributed by atoms with Gasteiger partial charge in [-0.3, -0.25) is 24.2 Å². The lowest BCUT2D eigenvalue weighted by atomic mass is 10.1. The van der Waals surface area contributed by atoms with E-state index in [9.17, 15) is 29.4 Å². The number of nitrogen functional groups attached to an aromatic ring is 1. The molecule has 0 bridgehead atoms. The molecule has 4 heterocycles. The number of nitrogens with zero attached hydrogens (tertiary/aromatic N) is 5. The highest BCUT2D eigenvalue weighted by Gasteiger charge is 2.47. The highest BCUT2D eigenvalue weighted by Crippen LogP contribution is 2.33. The number of nitrogens with two attached hydrogens (primary N) is 1. The molecule has 220 valence electrons. The van der Waals surface area contributed by atoms with Crippen molar-refractivity contribution in [1.29, 1.82) is 0 Å². The van der Waals surface area contributed by atoms with Gasteiger partial charge in [-0.2, -0.15) is 0 Å². The van der Waals surface area contributed by atoms with Crippen molar-refractivity contribution in [2.45, 2.75) is 18.9 Å². The van der Waals surface area contributed by atoms with Crippen LogP contribution in [0.25, 0.3) is 11.3 Å². The van der Waals surface area contributed by atoms with Gasteiger partial charge in [-0.05, 0) is 36.8 Å². The number of hydrogen-bond donors (Lipinski definition) is 5. The van der Waals surface area contributed by atoms with Crippen LogP contribution in [-0.2, 0) is 9.59 Å². The van der Waals surface area contributed by atoms with E-state index in [4.69, 9.17) is 5.73 Å². The van der Waals surface area contributed by atoms with E-state index >= 15 is 0 Å². The molecule has 1 atom stereocenters. The number of phenols is 1. The van der Waals surface area contributed by atoms with Crippen molar-refractivity contribution < 1.29 is 34.4 Å². The summed E-state index contributed by atoms with van der Waals surface area (Å²) >= 11 is 0. The van der Waals surface area contributed by atoms with Crippen LogP contribution in [0.4, 0.5) is 17.2 Å². The number of imide groups is 1. The van der Waals surface area contributed by atoms with Crippen LogP contribution in [0.15, 0.2) is 48.5 Å². The lowest BCUT2D eigenvalue weighted by Crippen LogP contribution is -2.82. The number of aliphatic hydroxyl groups excluding tert-OH is 1. The number of benzene rings is 2. The zero-order valence-electron chi connectivity index (χ0n) is 23.0. The molecule has 1 saturated heterocycles. The van der Waals surface area contributed by atoms with Crippen molar-refractivity contribution in [3.05, 3.63) is 59.7 Å². The van der Waals surface area contributed by atoms with Gasteiger partial charge in [0.1, 0.15) is 5.75 Å². The predicted molar refractivity (Wildman–Crippen MR) is 154 cm³/mol. The van der Waals surface area contributed by atoms with Gasteiger partial charge in [0.25, 0.3) is 11.8 Å². The predicted octanol–water partition coefficient (Wildman–Crippen LogP) is -0.486. The summed E-state index contributed by atoms with van der Waals surface area (Å²) in [5.41, 5.74) is 8.23. The number of aromatic nitrogens is 2. The first-order chi connectivity index (χ1) is 20.7. The lowest BCUT2D eigenvalue weighted by Gasteiger charge is -2.36. The number of aliphatic hydroxyl groups is 1. The number of piperazine rings is 1. The minimum atomic E-state index is -0.982. The van der Waals surface area contributed by atoms with Gasteiger partial charge >= 0.3 is 11.8 Å². The Balaban J connectivity index is 1.10. The summed E-state index contributed by atoms with van der Waals surface area (Å²) < 4.78 is 0. The van der Waals surface area contributed by atoms with Gasteiger partial charge in [-0.1, -0.05) is 18.2 Å². The monoisotopic (exact) mass is 585 g/mol. The molecular formula is C29H29N8O6+. The Morgan fingerprint density at radius 3 is 2.47 bits per heavy atom. The summed E-state index contributed by atoms with van der Waals surface area (Å²) in [6, 6.07) is 12.3. The number of rotatable bonds is 6. The summed E-state index contributed by atoms with van der Waals surface area (Å²) in [6.07, 6.45) is 0.162. The van der Waals surface area contributed by atoms with Crippen LogP contribution < -0.4 is 20.9 Å². The maximum atomic E-state index is 13.3. The summed E-state index contributed by atoms with van der Waals surface area (Å²) in [6.45, 7) is 2.26. The number of hydrogen-bond acceptors (Lipinski definition) is 10. The van der Waals surface area contributed by atoms with Gasteiger partial charge in [0.05, 0.1) is 41.2 Å². The Kier molecular flexibility index (Phi) is 7.19. The van der Waals surface area contributed by atoms with E-state index in [0.717, 1.165) is 4.90 Å². The average molecular weight is 586 g/mol. The fourth-order valence-electron chi connectivity index (χ4n) is 5.64. The molecule has 14 nitrogen and oxygen atoms in total. The lowest BCUT2D eigenvalue weighted by molar-refractivity contribution is -0.394. The molecular weight excluding hydrogens is 556 g/mol. The Morgan fingerprint density at radius 1 is 0.977 bits per heavy atom. The maximum Gasteiger partial charge on any atom is 0.388 e. The number of para-hydroxylation sites is 1. The van der Waals surface area contributed by atoms with Crippen molar-refractivity contribution in [2.24, 2.45) is 0 Å². The van der Waals surface area contributed by atoms with Crippen molar-refractivity contribution in [1.82, 2.24) is 20.0 Å². The molecule has 14 heteroatoms.